The minimum atomic E-state index is -0.914. The van der Waals surface area contributed by atoms with Gasteiger partial charge in [0.25, 0.3) is 0 Å². The molecular weight excluding hydrogens is 438 g/mol. The van der Waals surface area contributed by atoms with Crippen molar-refractivity contribution in [2.75, 3.05) is 5.75 Å². The van der Waals surface area contributed by atoms with Crippen molar-refractivity contribution in [1.29, 1.82) is 0 Å². The lowest BCUT2D eigenvalue weighted by Crippen LogP contribution is -2.58. The summed E-state index contributed by atoms with van der Waals surface area (Å²) in [5, 5.41) is 5.66. The summed E-state index contributed by atoms with van der Waals surface area (Å²) in [6, 6.07) is 3.98. The lowest BCUT2D eigenvalue weighted by Gasteiger charge is -2.44. The van der Waals surface area contributed by atoms with Gasteiger partial charge in [0, 0.05) is 17.8 Å². The van der Waals surface area contributed by atoms with E-state index >= 15 is 0 Å². The van der Waals surface area contributed by atoms with Crippen LogP contribution in [-0.4, -0.2) is 52.3 Å². The summed E-state index contributed by atoms with van der Waals surface area (Å²) in [5.74, 6) is -0.461. The van der Waals surface area contributed by atoms with E-state index < -0.39 is 23.8 Å². The highest BCUT2D eigenvalue weighted by molar-refractivity contribution is 7.80. The predicted molar refractivity (Wildman–Crippen MR) is 133 cm³/mol. The topological polar surface area (TPSA) is 87.7 Å². The molecule has 1 aromatic rings. The molecule has 7 nitrogen and oxygen atoms in total. The monoisotopic (exact) mass is 477 g/mol. The van der Waals surface area contributed by atoms with Crippen LogP contribution in [0.15, 0.2) is 18.2 Å². The molecular formula is C25H39N3O4S. The van der Waals surface area contributed by atoms with Crippen molar-refractivity contribution in [2.45, 2.75) is 97.5 Å². The maximum Gasteiger partial charge on any atom is 0.408 e. The van der Waals surface area contributed by atoms with E-state index in [0.29, 0.717) is 0 Å². The first kappa shape index (κ1) is 27.0. The fourth-order valence-electron chi connectivity index (χ4n) is 4.02. The highest BCUT2D eigenvalue weighted by Crippen LogP contribution is 2.36. The molecule has 2 N–H and O–H groups in total. The van der Waals surface area contributed by atoms with Crippen molar-refractivity contribution in [3.63, 3.8) is 0 Å². The molecule has 33 heavy (non-hydrogen) atoms. The van der Waals surface area contributed by atoms with E-state index in [1.54, 1.807) is 25.7 Å². The number of hydrogen-bond acceptors (Lipinski definition) is 5. The van der Waals surface area contributed by atoms with E-state index in [1.807, 2.05) is 45.9 Å². The minimum Gasteiger partial charge on any atom is -0.444 e. The third-order valence-electron chi connectivity index (χ3n) is 5.67. The van der Waals surface area contributed by atoms with Crippen molar-refractivity contribution in [3.8, 4) is 0 Å². The number of hydrogen-bond donors (Lipinski definition) is 3. The van der Waals surface area contributed by atoms with E-state index in [2.05, 4.69) is 23.3 Å². The van der Waals surface area contributed by atoms with Crippen molar-refractivity contribution in [1.82, 2.24) is 15.5 Å². The molecule has 3 amide bonds. The molecule has 0 bridgehead atoms. The van der Waals surface area contributed by atoms with Crippen LogP contribution in [0.3, 0.4) is 0 Å². The maximum atomic E-state index is 13.9. The van der Waals surface area contributed by atoms with Crippen LogP contribution in [-0.2, 0) is 14.3 Å². The van der Waals surface area contributed by atoms with Gasteiger partial charge in [0.15, 0.2) is 0 Å². The Morgan fingerprint density at radius 2 is 1.70 bits per heavy atom. The fraction of sp³-hybridized carbons (Fsp3) is 0.640. The third kappa shape index (κ3) is 7.13. The summed E-state index contributed by atoms with van der Waals surface area (Å²) in [6.45, 7) is 13.0. The Bertz CT molecular complexity index is 841. The highest BCUT2D eigenvalue weighted by atomic mass is 32.1. The van der Waals surface area contributed by atoms with E-state index in [-0.39, 0.29) is 29.7 Å². The first-order valence-corrected chi connectivity index (χ1v) is 12.3. The van der Waals surface area contributed by atoms with Crippen LogP contribution < -0.4 is 10.6 Å². The Morgan fingerprint density at radius 1 is 1.12 bits per heavy atom. The third-order valence-corrected chi connectivity index (χ3v) is 6.03. The standard InChI is InChI=1S/C25H39N3O4S/c1-15(2)26-22(29)21(20-16(3)10-8-11-17(20)4)28(18-12-9-13-18)23(30)19(14-33)27-24(31)32-25(5,6)7/h8,10-11,15,18-19,21,33H,9,12-14H2,1-7H3,(H,26,29)(H,27,31). The van der Waals surface area contributed by atoms with Crippen LogP contribution >= 0.6 is 12.6 Å². The Balaban J connectivity index is 2.49. The molecule has 184 valence electrons. The number of rotatable bonds is 8. The molecule has 1 saturated carbocycles. The molecule has 2 unspecified atom stereocenters. The van der Waals surface area contributed by atoms with Gasteiger partial charge >= 0.3 is 6.09 Å². The maximum absolute atomic E-state index is 13.9. The number of amides is 3. The number of benzene rings is 1. The molecule has 2 atom stereocenters. The van der Waals surface area contributed by atoms with E-state index in [0.717, 1.165) is 36.0 Å². The summed E-state index contributed by atoms with van der Waals surface area (Å²) in [6.07, 6.45) is 1.94. The molecule has 0 aliphatic heterocycles. The van der Waals surface area contributed by atoms with Crippen LogP contribution in [0, 0.1) is 13.8 Å². The fourth-order valence-corrected chi connectivity index (χ4v) is 4.26. The second-order valence-electron chi connectivity index (χ2n) is 10.1. The molecule has 1 aliphatic carbocycles. The zero-order valence-electron chi connectivity index (χ0n) is 20.9. The number of ether oxygens (including phenoxy) is 1. The molecule has 0 aromatic heterocycles. The molecule has 0 radical (unpaired) electrons. The summed E-state index contributed by atoms with van der Waals surface area (Å²) >= 11 is 4.34. The number of nitrogens with zero attached hydrogens (tertiary/aromatic N) is 1. The molecule has 1 fully saturated rings. The molecule has 0 spiro atoms. The lowest BCUT2D eigenvalue weighted by molar-refractivity contribution is -0.147. The molecule has 8 heteroatoms. The van der Waals surface area contributed by atoms with Crippen molar-refractivity contribution >= 4 is 30.5 Å². The number of alkyl carbamates (subject to hydrolysis) is 1. The van der Waals surface area contributed by atoms with Gasteiger partial charge < -0.3 is 20.3 Å². The van der Waals surface area contributed by atoms with Gasteiger partial charge in [-0.05, 0) is 84.4 Å². The zero-order chi connectivity index (χ0) is 24.9. The van der Waals surface area contributed by atoms with Crippen molar-refractivity contribution < 1.29 is 19.1 Å². The summed E-state index contributed by atoms with van der Waals surface area (Å²) in [5.41, 5.74) is 2.02. The van der Waals surface area contributed by atoms with Gasteiger partial charge in [-0.1, -0.05) is 18.2 Å². The molecule has 1 aromatic carbocycles. The summed E-state index contributed by atoms with van der Waals surface area (Å²) in [7, 11) is 0. The van der Waals surface area contributed by atoms with Crippen molar-refractivity contribution in [2.24, 2.45) is 0 Å². The average molecular weight is 478 g/mol. The highest BCUT2D eigenvalue weighted by Gasteiger charge is 2.42. The predicted octanol–water partition coefficient (Wildman–Crippen LogP) is 4.07. The van der Waals surface area contributed by atoms with Gasteiger partial charge in [0.1, 0.15) is 17.7 Å². The van der Waals surface area contributed by atoms with Gasteiger partial charge in [-0.3, -0.25) is 9.59 Å². The number of aryl methyl sites for hydroxylation is 2. The quantitative estimate of drug-likeness (QED) is 0.493. The first-order chi connectivity index (χ1) is 15.4. The van der Waals surface area contributed by atoms with E-state index in [1.165, 1.54) is 0 Å². The summed E-state index contributed by atoms with van der Waals surface area (Å²) in [4.78, 5) is 41.5. The smallest absolute Gasteiger partial charge is 0.408 e. The minimum absolute atomic E-state index is 0.0803. The normalized spacial score (nSPS) is 15.9. The zero-order valence-corrected chi connectivity index (χ0v) is 21.8. The first-order valence-electron chi connectivity index (χ1n) is 11.6. The Kier molecular flexibility index (Phi) is 9.23. The van der Waals surface area contributed by atoms with Crippen LogP contribution in [0.2, 0.25) is 0 Å². The Hall–Kier alpha value is -2.22. The van der Waals surface area contributed by atoms with E-state index in [4.69, 9.17) is 4.74 Å². The number of carbonyl (C=O) groups excluding carboxylic acids is 3. The van der Waals surface area contributed by atoms with Crippen LogP contribution in [0.4, 0.5) is 4.79 Å². The number of nitrogens with one attached hydrogen (secondary N) is 2. The molecule has 2 rings (SSSR count). The van der Waals surface area contributed by atoms with Gasteiger partial charge in [0.05, 0.1) is 0 Å². The Morgan fingerprint density at radius 3 is 2.12 bits per heavy atom. The SMILES string of the molecule is Cc1cccc(C)c1C(C(=O)NC(C)C)N(C(=O)C(CS)NC(=O)OC(C)(C)C)C1CCC1. The van der Waals surface area contributed by atoms with Gasteiger partial charge in [-0.15, -0.1) is 0 Å². The largest absolute Gasteiger partial charge is 0.444 e. The number of carbonyl (C=O) groups is 3. The Labute approximate surface area is 203 Å². The van der Waals surface area contributed by atoms with Crippen LogP contribution in [0.25, 0.3) is 0 Å². The number of thiol groups is 1. The molecule has 1 aliphatic rings. The van der Waals surface area contributed by atoms with Gasteiger partial charge in [-0.25, -0.2) is 4.79 Å². The second-order valence-corrected chi connectivity index (χ2v) is 10.4. The summed E-state index contributed by atoms with van der Waals surface area (Å²) < 4.78 is 5.35. The van der Waals surface area contributed by atoms with Crippen molar-refractivity contribution in [3.05, 3.63) is 34.9 Å². The van der Waals surface area contributed by atoms with Crippen LogP contribution in [0.1, 0.15) is 76.6 Å². The molecule has 0 saturated heterocycles. The second kappa shape index (κ2) is 11.3. The molecule has 0 heterocycles. The average Bonchev–Trinajstić information content (AvgIpc) is 2.63. The van der Waals surface area contributed by atoms with Gasteiger partial charge in [0.2, 0.25) is 11.8 Å². The van der Waals surface area contributed by atoms with Gasteiger partial charge in [-0.2, -0.15) is 12.6 Å². The van der Waals surface area contributed by atoms with E-state index in [9.17, 15) is 14.4 Å². The van der Waals surface area contributed by atoms with Crippen LogP contribution in [0.5, 0.6) is 0 Å². The lowest BCUT2D eigenvalue weighted by atomic mass is 9.86.